The lowest BCUT2D eigenvalue weighted by molar-refractivity contribution is -0.137. The first-order chi connectivity index (χ1) is 17.4. The molecule has 1 aliphatic carbocycles. The standard InChI is InChI=1S/C28H35F3N2O3S/c1-18(2)24-16-32-26(37-24)27(36)11-8-19(9-12-27)14-20-10-13-33(17-20)25(35)7-6-23(34)21-4-3-5-22(15-21)28(29,30)31/h3-5,15-16,18-20,36H,6-14,17H2,1-2H3. The fourth-order valence-corrected chi connectivity index (χ4v) is 6.55. The minimum atomic E-state index is -4.51. The molecule has 1 saturated heterocycles. The molecule has 1 aromatic heterocycles. The monoisotopic (exact) mass is 536 g/mol. The van der Waals surface area contributed by atoms with Crippen LogP contribution in [0.5, 0.6) is 0 Å². The molecule has 4 rings (SSSR count). The SMILES string of the molecule is CC(C)c1cnc(C2(O)CCC(CC3CCN(C(=O)CCC(=O)c4cccc(C(F)(F)F)c4)C3)CC2)s1. The van der Waals surface area contributed by atoms with Gasteiger partial charge in [-0.15, -0.1) is 11.3 Å². The van der Waals surface area contributed by atoms with Gasteiger partial charge in [0.05, 0.1) is 5.56 Å². The molecule has 5 nitrogen and oxygen atoms in total. The van der Waals surface area contributed by atoms with Crippen LogP contribution in [0.1, 0.15) is 96.9 Å². The second kappa shape index (κ2) is 11.2. The Morgan fingerprint density at radius 1 is 1.16 bits per heavy atom. The lowest BCUT2D eigenvalue weighted by atomic mass is 9.75. The fourth-order valence-electron chi connectivity index (χ4n) is 5.49. The number of aromatic nitrogens is 1. The third kappa shape index (κ3) is 6.79. The van der Waals surface area contributed by atoms with Gasteiger partial charge in [-0.1, -0.05) is 26.0 Å². The molecule has 2 aromatic rings. The number of benzene rings is 1. The Bertz CT molecular complexity index is 1110. The molecule has 0 spiro atoms. The Balaban J connectivity index is 1.21. The molecule has 1 saturated carbocycles. The maximum absolute atomic E-state index is 12.9. The second-order valence-electron chi connectivity index (χ2n) is 10.9. The van der Waals surface area contributed by atoms with E-state index >= 15 is 0 Å². The topological polar surface area (TPSA) is 70.5 Å². The molecule has 2 heterocycles. The van der Waals surface area contributed by atoms with Gasteiger partial charge in [0.2, 0.25) is 5.91 Å². The van der Waals surface area contributed by atoms with Crippen LogP contribution in [0, 0.1) is 11.8 Å². The highest BCUT2D eigenvalue weighted by atomic mass is 32.1. The Labute approximate surface area is 220 Å². The normalized spacial score (nSPS) is 24.6. The molecule has 2 aliphatic rings. The summed E-state index contributed by atoms with van der Waals surface area (Å²) in [6, 6.07) is 4.36. The van der Waals surface area contributed by atoms with Crippen LogP contribution in [0.25, 0.3) is 0 Å². The Morgan fingerprint density at radius 2 is 1.89 bits per heavy atom. The molecule has 1 aliphatic heterocycles. The highest BCUT2D eigenvalue weighted by molar-refractivity contribution is 7.11. The maximum atomic E-state index is 12.9. The van der Waals surface area contributed by atoms with Gasteiger partial charge in [0.15, 0.2) is 5.78 Å². The number of aliphatic hydroxyl groups is 1. The van der Waals surface area contributed by atoms with Crippen molar-refractivity contribution in [3.63, 3.8) is 0 Å². The molecule has 2 fully saturated rings. The number of rotatable bonds is 8. The van der Waals surface area contributed by atoms with Crippen molar-refractivity contribution in [1.29, 1.82) is 0 Å². The van der Waals surface area contributed by atoms with Gasteiger partial charge in [0.1, 0.15) is 10.6 Å². The van der Waals surface area contributed by atoms with Crippen LogP contribution in [0.2, 0.25) is 0 Å². The summed E-state index contributed by atoms with van der Waals surface area (Å²) < 4.78 is 38.7. The van der Waals surface area contributed by atoms with E-state index in [9.17, 15) is 27.9 Å². The molecule has 0 bridgehead atoms. The van der Waals surface area contributed by atoms with Crippen molar-refractivity contribution in [3.8, 4) is 0 Å². The van der Waals surface area contributed by atoms with Crippen molar-refractivity contribution in [2.45, 2.75) is 82.9 Å². The summed E-state index contributed by atoms with van der Waals surface area (Å²) in [5.41, 5.74) is -1.71. The zero-order valence-electron chi connectivity index (χ0n) is 21.4. The van der Waals surface area contributed by atoms with Crippen LogP contribution < -0.4 is 0 Å². The van der Waals surface area contributed by atoms with Crippen molar-refractivity contribution in [2.24, 2.45) is 11.8 Å². The lowest BCUT2D eigenvalue weighted by Crippen LogP contribution is -2.32. The summed E-state index contributed by atoms with van der Waals surface area (Å²) in [6.07, 6.45) is 2.48. The number of nitrogens with zero attached hydrogens (tertiary/aromatic N) is 2. The highest BCUT2D eigenvalue weighted by Crippen LogP contribution is 2.44. The van der Waals surface area contributed by atoms with E-state index in [1.165, 1.54) is 17.0 Å². The van der Waals surface area contributed by atoms with Gasteiger partial charge in [-0.3, -0.25) is 9.59 Å². The predicted octanol–water partition coefficient (Wildman–Crippen LogP) is 6.56. The van der Waals surface area contributed by atoms with E-state index in [1.54, 1.807) is 16.2 Å². The van der Waals surface area contributed by atoms with E-state index in [2.05, 4.69) is 18.8 Å². The number of thiazole rings is 1. The van der Waals surface area contributed by atoms with Crippen molar-refractivity contribution in [1.82, 2.24) is 9.88 Å². The number of likely N-dealkylation sites (tertiary alicyclic amines) is 1. The Morgan fingerprint density at radius 3 is 2.54 bits per heavy atom. The van der Waals surface area contributed by atoms with E-state index in [-0.39, 0.29) is 24.3 Å². The number of carbonyl (C=O) groups excluding carboxylic acids is 2. The molecular weight excluding hydrogens is 501 g/mol. The summed E-state index contributed by atoms with van der Waals surface area (Å²) in [5, 5.41) is 12.0. The highest BCUT2D eigenvalue weighted by Gasteiger charge is 2.39. The van der Waals surface area contributed by atoms with Crippen LogP contribution in [-0.4, -0.2) is 39.8 Å². The average Bonchev–Trinajstić information content (AvgIpc) is 3.54. The quantitative estimate of drug-likeness (QED) is 0.388. The molecule has 0 radical (unpaired) electrons. The molecule has 1 aromatic carbocycles. The summed E-state index contributed by atoms with van der Waals surface area (Å²) in [4.78, 5) is 32.6. The van der Waals surface area contributed by atoms with Crippen LogP contribution in [-0.2, 0) is 16.6 Å². The van der Waals surface area contributed by atoms with Crippen molar-refractivity contribution in [2.75, 3.05) is 13.1 Å². The average molecular weight is 537 g/mol. The first-order valence-electron chi connectivity index (χ1n) is 13.1. The van der Waals surface area contributed by atoms with Gasteiger partial charge >= 0.3 is 6.18 Å². The van der Waals surface area contributed by atoms with E-state index in [4.69, 9.17) is 0 Å². The van der Waals surface area contributed by atoms with Gasteiger partial charge in [0.25, 0.3) is 0 Å². The van der Waals surface area contributed by atoms with Gasteiger partial charge < -0.3 is 10.0 Å². The minimum Gasteiger partial charge on any atom is -0.383 e. The van der Waals surface area contributed by atoms with E-state index < -0.39 is 23.1 Å². The predicted molar refractivity (Wildman–Crippen MR) is 136 cm³/mol. The van der Waals surface area contributed by atoms with Gasteiger partial charge in [-0.25, -0.2) is 4.98 Å². The van der Waals surface area contributed by atoms with Crippen LogP contribution >= 0.6 is 11.3 Å². The van der Waals surface area contributed by atoms with Crippen molar-refractivity contribution < 1.29 is 27.9 Å². The summed E-state index contributed by atoms with van der Waals surface area (Å²) in [6.45, 7) is 5.56. The van der Waals surface area contributed by atoms with Crippen LogP contribution in [0.4, 0.5) is 13.2 Å². The third-order valence-corrected chi connectivity index (χ3v) is 9.30. The maximum Gasteiger partial charge on any atom is 0.416 e. The number of hydrogen-bond acceptors (Lipinski definition) is 5. The molecule has 202 valence electrons. The summed E-state index contributed by atoms with van der Waals surface area (Å²) in [7, 11) is 0. The van der Waals surface area contributed by atoms with Crippen molar-refractivity contribution >= 4 is 23.0 Å². The minimum absolute atomic E-state index is 0.00440. The molecule has 9 heteroatoms. The van der Waals surface area contributed by atoms with Crippen LogP contribution in [0.15, 0.2) is 30.5 Å². The summed E-state index contributed by atoms with van der Waals surface area (Å²) in [5.74, 6) is 0.730. The number of ketones is 1. The van der Waals surface area contributed by atoms with E-state index in [1.807, 2.05) is 6.20 Å². The molecule has 1 N–H and O–H groups in total. The van der Waals surface area contributed by atoms with Crippen molar-refractivity contribution in [3.05, 3.63) is 51.5 Å². The second-order valence-corrected chi connectivity index (χ2v) is 12.0. The first kappa shape index (κ1) is 27.8. The van der Waals surface area contributed by atoms with E-state index in [0.717, 1.165) is 42.8 Å². The molecule has 1 unspecified atom stereocenters. The Hall–Kier alpha value is -2.26. The zero-order valence-corrected chi connectivity index (χ0v) is 22.2. The fraction of sp³-hybridized carbons (Fsp3) is 0.607. The number of hydrogen-bond donors (Lipinski definition) is 1. The smallest absolute Gasteiger partial charge is 0.383 e. The number of alkyl halides is 3. The molecule has 1 amide bonds. The lowest BCUT2D eigenvalue weighted by Gasteiger charge is -2.35. The van der Waals surface area contributed by atoms with Gasteiger partial charge in [-0.2, -0.15) is 13.2 Å². The number of amides is 1. The zero-order chi connectivity index (χ0) is 26.8. The molecule has 1 atom stereocenters. The number of halogens is 3. The van der Waals surface area contributed by atoms with Crippen LogP contribution in [0.3, 0.4) is 0 Å². The number of Topliss-reactive ketones (excluding diaryl/α,β-unsaturated/α-hetero) is 1. The van der Waals surface area contributed by atoms with Gasteiger partial charge in [0, 0.05) is 42.6 Å². The molecule has 37 heavy (non-hydrogen) atoms. The Kier molecular flexibility index (Phi) is 8.43. The number of carbonyl (C=O) groups is 2. The summed E-state index contributed by atoms with van der Waals surface area (Å²) >= 11 is 1.61. The van der Waals surface area contributed by atoms with E-state index in [0.29, 0.717) is 43.7 Å². The first-order valence-corrected chi connectivity index (χ1v) is 13.9. The largest absolute Gasteiger partial charge is 0.416 e. The molecular formula is C28H35F3N2O3S. The van der Waals surface area contributed by atoms with Gasteiger partial charge in [-0.05, 0) is 68.4 Å². The third-order valence-electron chi connectivity index (χ3n) is 7.81.